The van der Waals surface area contributed by atoms with Crippen LogP contribution in [0.25, 0.3) is 0 Å². The molecule has 4 atom stereocenters. The first-order valence-electron chi connectivity index (χ1n) is 6.38. The van der Waals surface area contributed by atoms with Crippen molar-refractivity contribution in [3.63, 3.8) is 0 Å². The number of hydrogen-bond donors (Lipinski definition) is 1. The Balaban J connectivity index is 1.96. The summed E-state index contributed by atoms with van der Waals surface area (Å²) in [7, 11) is 0. The standard InChI is InChI=1S/C12H24N2OS/c1-9-6-14(7-10(2)15-9)12(5-13)11-3-4-16-8-11/h9-12H,3-8,13H2,1-2H3/t9-,10+,11?,12?. The van der Waals surface area contributed by atoms with E-state index in [2.05, 4.69) is 30.5 Å². The Bertz CT molecular complexity index is 211. The van der Waals surface area contributed by atoms with Crippen LogP contribution >= 0.6 is 11.8 Å². The lowest BCUT2D eigenvalue weighted by Gasteiger charge is -2.42. The lowest BCUT2D eigenvalue weighted by molar-refractivity contribution is -0.0846. The predicted molar refractivity (Wildman–Crippen MR) is 69.9 cm³/mol. The third-order valence-electron chi connectivity index (χ3n) is 3.67. The van der Waals surface area contributed by atoms with Crippen LogP contribution in [-0.4, -0.2) is 54.3 Å². The number of thioether (sulfide) groups is 1. The van der Waals surface area contributed by atoms with Gasteiger partial charge in [0.2, 0.25) is 0 Å². The summed E-state index contributed by atoms with van der Waals surface area (Å²) in [5, 5.41) is 0. The van der Waals surface area contributed by atoms with Crippen LogP contribution in [0.2, 0.25) is 0 Å². The molecule has 0 aromatic rings. The maximum atomic E-state index is 5.98. The smallest absolute Gasteiger partial charge is 0.0678 e. The molecule has 0 amide bonds. The molecule has 94 valence electrons. The van der Waals surface area contributed by atoms with Gasteiger partial charge in [0.15, 0.2) is 0 Å². The molecule has 0 bridgehead atoms. The molecule has 2 rings (SSSR count). The van der Waals surface area contributed by atoms with Crippen molar-refractivity contribution >= 4 is 11.8 Å². The highest BCUT2D eigenvalue weighted by Crippen LogP contribution is 2.29. The average Bonchev–Trinajstić information content (AvgIpc) is 2.70. The third-order valence-corrected chi connectivity index (χ3v) is 4.86. The molecule has 2 unspecified atom stereocenters. The van der Waals surface area contributed by atoms with Gasteiger partial charge in [-0.2, -0.15) is 11.8 Å². The summed E-state index contributed by atoms with van der Waals surface area (Å²) in [6, 6.07) is 0.573. The van der Waals surface area contributed by atoms with E-state index in [1.165, 1.54) is 17.9 Å². The van der Waals surface area contributed by atoms with E-state index in [0.29, 0.717) is 18.2 Å². The number of hydrogen-bond acceptors (Lipinski definition) is 4. The van der Waals surface area contributed by atoms with E-state index in [-0.39, 0.29) is 0 Å². The molecule has 2 aliphatic rings. The summed E-state index contributed by atoms with van der Waals surface area (Å²) in [5.74, 6) is 3.41. The second kappa shape index (κ2) is 5.71. The highest BCUT2D eigenvalue weighted by Gasteiger charge is 2.33. The van der Waals surface area contributed by atoms with E-state index in [9.17, 15) is 0 Å². The van der Waals surface area contributed by atoms with Gasteiger partial charge in [0.1, 0.15) is 0 Å². The highest BCUT2D eigenvalue weighted by atomic mass is 32.2. The zero-order valence-electron chi connectivity index (χ0n) is 10.4. The first kappa shape index (κ1) is 12.7. The molecule has 0 aromatic heterocycles. The lowest BCUT2D eigenvalue weighted by atomic mass is 9.96. The summed E-state index contributed by atoms with van der Waals surface area (Å²) < 4.78 is 5.79. The van der Waals surface area contributed by atoms with Gasteiger partial charge in [-0.3, -0.25) is 4.90 Å². The van der Waals surface area contributed by atoms with Gasteiger partial charge in [0.05, 0.1) is 12.2 Å². The minimum Gasteiger partial charge on any atom is -0.373 e. The van der Waals surface area contributed by atoms with Gasteiger partial charge in [-0.25, -0.2) is 0 Å². The van der Waals surface area contributed by atoms with Crippen molar-refractivity contribution in [2.75, 3.05) is 31.1 Å². The largest absolute Gasteiger partial charge is 0.373 e. The molecule has 0 saturated carbocycles. The fourth-order valence-corrected chi connectivity index (χ4v) is 4.31. The van der Waals surface area contributed by atoms with Crippen molar-refractivity contribution in [2.24, 2.45) is 11.7 Å². The summed E-state index contributed by atoms with van der Waals surface area (Å²) in [4.78, 5) is 2.56. The Morgan fingerprint density at radius 2 is 2.06 bits per heavy atom. The van der Waals surface area contributed by atoms with Crippen molar-refractivity contribution in [2.45, 2.75) is 38.5 Å². The maximum Gasteiger partial charge on any atom is 0.0678 e. The van der Waals surface area contributed by atoms with Crippen molar-refractivity contribution in [1.29, 1.82) is 0 Å². The Kier molecular flexibility index (Phi) is 4.53. The lowest BCUT2D eigenvalue weighted by Crippen LogP contribution is -2.54. The van der Waals surface area contributed by atoms with Crippen LogP contribution < -0.4 is 5.73 Å². The van der Waals surface area contributed by atoms with E-state index < -0.39 is 0 Å². The number of nitrogens with two attached hydrogens (primary N) is 1. The summed E-state index contributed by atoms with van der Waals surface area (Å²) in [6.45, 7) is 7.23. The Labute approximate surface area is 103 Å². The van der Waals surface area contributed by atoms with Gasteiger partial charge < -0.3 is 10.5 Å². The molecule has 2 N–H and O–H groups in total. The fourth-order valence-electron chi connectivity index (χ4n) is 2.98. The van der Waals surface area contributed by atoms with E-state index in [1.54, 1.807) is 0 Å². The molecule has 0 aromatic carbocycles. The van der Waals surface area contributed by atoms with Crippen molar-refractivity contribution < 1.29 is 4.74 Å². The Hall–Kier alpha value is 0.230. The Morgan fingerprint density at radius 1 is 1.38 bits per heavy atom. The topological polar surface area (TPSA) is 38.5 Å². The van der Waals surface area contributed by atoms with Crippen molar-refractivity contribution in [3.05, 3.63) is 0 Å². The monoisotopic (exact) mass is 244 g/mol. The number of rotatable bonds is 3. The van der Waals surface area contributed by atoms with Gasteiger partial charge in [0, 0.05) is 25.7 Å². The first-order valence-corrected chi connectivity index (χ1v) is 7.53. The predicted octanol–water partition coefficient (Wildman–Crippen LogP) is 1.18. The molecular formula is C12H24N2OS. The van der Waals surface area contributed by atoms with Crippen LogP contribution in [-0.2, 0) is 4.74 Å². The molecule has 2 aliphatic heterocycles. The van der Waals surface area contributed by atoms with Gasteiger partial charge in [0.25, 0.3) is 0 Å². The van der Waals surface area contributed by atoms with Crippen LogP contribution in [0.1, 0.15) is 20.3 Å². The minimum absolute atomic E-state index is 0.354. The summed E-state index contributed by atoms with van der Waals surface area (Å²) >= 11 is 2.08. The summed E-state index contributed by atoms with van der Waals surface area (Å²) in [6.07, 6.45) is 2.05. The van der Waals surface area contributed by atoms with Gasteiger partial charge in [-0.05, 0) is 37.7 Å². The van der Waals surface area contributed by atoms with Gasteiger partial charge in [-0.1, -0.05) is 0 Å². The zero-order chi connectivity index (χ0) is 11.5. The van der Waals surface area contributed by atoms with Gasteiger partial charge in [-0.15, -0.1) is 0 Å². The van der Waals surface area contributed by atoms with Crippen molar-refractivity contribution in [3.8, 4) is 0 Å². The Morgan fingerprint density at radius 3 is 2.56 bits per heavy atom. The van der Waals surface area contributed by atoms with E-state index in [1.807, 2.05) is 0 Å². The molecule has 0 aliphatic carbocycles. The van der Waals surface area contributed by atoms with Gasteiger partial charge >= 0.3 is 0 Å². The molecule has 2 fully saturated rings. The first-order chi connectivity index (χ1) is 7.70. The molecule has 3 nitrogen and oxygen atoms in total. The van der Waals surface area contributed by atoms with Crippen LogP contribution in [0, 0.1) is 5.92 Å². The van der Waals surface area contributed by atoms with E-state index >= 15 is 0 Å². The molecule has 4 heteroatoms. The molecular weight excluding hydrogens is 220 g/mol. The summed E-state index contributed by atoms with van der Waals surface area (Å²) in [5.41, 5.74) is 5.98. The number of morpholine rings is 1. The number of nitrogens with zero attached hydrogens (tertiary/aromatic N) is 1. The second-order valence-corrected chi connectivity index (χ2v) is 6.29. The maximum absolute atomic E-state index is 5.98. The van der Waals surface area contributed by atoms with Crippen LogP contribution in [0.4, 0.5) is 0 Å². The second-order valence-electron chi connectivity index (χ2n) is 5.14. The average molecular weight is 244 g/mol. The quantitative estimate of drug-likeness (QED) is 0.809. The van der Waals surface area contributed by atoms with Crippen molar-refractivity contribution in [1.82, 2.24) is 4.90 Å². The molecule has 0 radical (unpaired) electrons. The fraction of sp³-hybridized carbons (Fsp3) is 1.00. The van der Waals surface area contributed by atoms with Crippen LogP contribution in [0.15, 0.2) is 0 Å². The molecule has 2 saturated heterocycles. The number of ether oxygens (including phenoxy) is 1. The SMILES string of the molecule is C[C@@H]1CN(C(CN)C2CCSC2)C[C@H](C)O1. The zero-order valence-corrected chi connectivity index (χ0v) is 11.2. The minimum atomic E-state index is 0.354. The molecule has 2 heterocycles. The third kappa shape index (κ3) is 2.92. The molecule has 0 spiro atoms. The van der Waals surface area contributed by atoms with Crippen LogP contribution in [0.3, 0.4) is 0 Å². The van der Waals surface area contributed by atoms with E-state index in [4.69, 9.17) is 10.5 Å². The highest BCUT2D eigenvalue weighted by molar-refractivity contribution is 7.99. The van der Waals surface area contributed by atoms with Crippen LogP contribution in [0.5, 0.6) is 0 Å². The normalized spacial score (nSPS) is 38.8. The molecule has 16 heavy (non-hydrogen) atoms. The van der Waals surface area contributed by atoms with E-state index in [0.717, 1.165) is 25.6 Å².